The van der Waals surface area contributed by atoms with E-state index in [1.807, 2.05) is 0 Å². The van der Waals surface area contributed by atoms with Crippen molar-refractivity contribution in [3.8, 4) is 0 Å². The highest BCUT2D eigenvalue weighted by molar-refractivity contribution is 9.09. The fraction of sp³-hybridized carbons (Fsp3) is 0.250. The molecule has 12 heavy (non-hydrogen) atoms. The normalized spacial score (nSPS) is 9.42. The van der Waals surface area contributed by atoms with E-state index in [1.54, 1.807) is 18.3 Å². The molecule has 0 bridgehead atoms. The van der Waals surface area contributed by atoms with Crippen molar-refractivity contribution in [1.82, 2.24) is 4.98 Å². The molecule has 0 unspecified atom stereocenters. The Morgan fingerprint density at radius 1 is 1.67 bits per heavy atom. The van der Waals surface area contributed by atoms with Gasteiger partial charge in [-0.25, -0.2) is 4.79 Å². The van der Waals surface area contributed by atoms with E-state index < -0.39 is 0 Å². The van der Waals surface area contributed by atoms with E-state index >= 15 is 0 Å². The second kappa shape index (κ2) is 4.87. The fourth-order valence-electron chi connectivity index (χ4n) is 0.698. The molecule has 4 heteroatoms. The molecular formula is C8H8BrNO2. The van der Waals surface area contributed by atoms with E-state index in [2.05, 4.69) is 20.9 Å². The van der Waals surface area contributed by atoms with E-state index in [0.717, 1.165) is 0 Å². The van der Waals surface area contributed by atoms with Crippen molar-refractivity contribution in [2.45, 2.75) is 0 Å². The molecule has 1 aromatic heterocycles. The van der Waals surface area contributed by atoms with Gasteiger partial charge in [-0.2, -0.15) is 0 Å². The number of halogens is 1. The molecule has 1 heterocycles. The summed E-state index contributed by atoms with van der Waals surface area (Å²) in [5.74, 6) is -0.331. The van der Waals surface area contributed by atoms with Crippen molar-refractivity contribution in [1.29, 1.82) is 0 Å². The number of ether oxygens (including phenoxy) is 1. The Morgan fingerprint density at radius 3 is 3.08 bits per heavy atom. The van der Waals surface area contributed by atoms with Gasteiger partial charge in [0.15, 0.2) is 0 Å². The molecule has 0 aliphatic rings. The van der Waals surface area contributed by atoms with Crippen molar-refractivity contribution in [2.24, 2.45) is 0 Å². The number of carbonyl (C=O) groups is 1. The van der Waals surface area contributed by atoms with Crippen LogP contribution in [0.1, 0.15) is 10.4 Å². The minimum Gasteiger partial charge on any atom is -0.461 e. The van der Waals surface area contributed by atoms with Gasteiger partial charge in [0, 0.05) is 17.7 Å². The van der Waals surface area contributed by atoms with Crippen LogP contribution in [0, 0.1) is 0 Å². The molecule has 0 amide bonds. The Kier molecular flexibility index (Phi) is 3.73. The summed E-state index contributed by atoms with van der Waals surface area (Å²) in [6.45, 7) is 0.383. The molecule has 0 saturated heterocycles. The van der Waals surface area contributed by atoms with Crippen LogP contribution >= 0.6 is 15.9 Å². The summed E-state index contributed by atoms with van der Waals surface area (Å²) in [4.78, 5) is 14.9. The van der Waals surface area contributed by atoms with Gasteiger partial charge in [-0.3, -0.25) is 4.98 Å². The summed E-state index contributed by atoms with van der Waals surface area (Å²) >= 11 is 3.16. The van der Waals surface area contributed by atoms with E-state index in [1.165, 1.54) is 6.20 Å². The van der Waals surface area contributed by atoms with Crippen LogP contribution in [-0.4, -0.2) is 22.9 Å². The summed E-state index contributed by atoms with van der Waals surface area (Å²) in [5.41, 5.74) is 0.485. The van der Waals surface area contributed by atoms with Crippen LogP contribution in [-0.2, 0) is 4.74 Å². The van der Waals surface area contributed by atoms with E-state index in [-0.39, 0.29) is 5.97 Å². The Hall–Kier alpha value is -0.900. The number of rotatable bonds is 3. The highest BCUT2D eigenvalue weighted by Crippen LogP contribution is 1.98. The average molecular weight is 230 g/mol. The van der Waals surface area contributed by atoms with Crippen LogP contribution in [0.4, 0.5) is 0 Å². The maximum Gasteiger partial charge on any atom is 0.339 e. The van der Waals surface area contributed by atoms with Crippen LogP contribution < -0.4 is 0 Å². The van der Waals surface area contributed by atoms with Crippen LogP contribution in [0.3, 0.4) is 0 Å². The number of hydrogen-bond donors (Lipinski definition) is 0. The van der Waals surface area contributed by atoms with Gasteiger partial charge >= 0.3 is 5.97 Å². The Bertz CT molecular complexity index is 250. The van der Waals surface area contributed by atoms with Crippen molar-refractivity contribution in [2.75, 3.05) is 11.9 Å². The number of aromatic nitrogens is 1. The van der Waals surface area contributed by atoms with Crippen LogP contribution in [0.2, 0.25) is 0 Å². The summed E-state index contributed by atoms with van der Waals surface area (Å²) < 4.78 is 4.85. The van der Waals surface area contributed by atoms with Gasteiger partial charge in [0.2, 0.25) is 0 Å². The lowest BCUT2D eigenvalue weighted by molar-refractivity contribution is 0.0531. The fourth-order valence-corrected chi connectivity index (χ4v) is 0.860. The van der Waals surface area contributed by atoms with E-state index in [0.29, 0.717) is 17.5 Å². The molecule has 0 aromatic carbocycles. The van der Waals surface area contributed by atoms with Gasteiger partial charge < -0.3 is 4.74 Å². The summed E-state index contributed by atoms with van der Waals surface area (Å²) in [6, 6.07) is 3.37. The average Bonchev–Trinajstić information content (AvgIpc) is 2.15. The van der Waals surface area contributed by atoms with Crippen LogP contribution in [0.5, 0.6) is 0 Å². The van der Waals surface area contributed by atoms with Crippen molar-refractivity contribution >= 4 is 21.9 Å². The second-order valence-electron chi connectivity index (χ2n) is 2.07. The van der Waals surface area contributed by atoms with Gasteiger partial charge in [0.1, 0.15) is 6.61 Å². The molecule has 0 radical (unpaired) electrons. The minimum atomic E-state index is -0.331. The predicted molar refractivity (Wildman–Crippen MR) is 48.3 cm³/mol. The third kappa shape index (κ3) is 2.62. The Labute approximate surface area is 78.9 Å². The lowest BCUT2D eigenvalue weighted by Gasteiger charge is -2.00. The van der Waals surface area contributed by atoms with Gasteiger partial charge in [0.05, 0.1) is 5.56 Å². The van der Waals surface area contributed by atoms with E-state index in [9.17, 15) is 4.79 Å². The number of nitrogens with zero attached hydrogens (tertiary/aromatic N) is 1. The minimum absolute atomic E-state index is 0.331. The lowest BCUT2D eigenvalue weighted by Crippen LogP contribution is -2.06. The molecule has 3 nitrogen and oxygen atoms in total. The number of pyridine rings is 1. The van der Waals surface area contributed by atoms with Crippen molar-refractivity contribution < 1.29 is 9.53 Å². The standard InChI is InChI=1S/C8H8BrNO2/c9-3-5-12-8(11)7-2-1-4-10-6-7/h1-2,4,6H,3,5H2. The molecule has 0 N–H and O–H groups in total. The van der Waals surface area contributed by atoms with Gasteiger partial charge in [0.25, 0.3) is 0 Å². The van der Waals surface area contributed by atoms with Crippen LogP contribution in [0.15, 0.2) is 24.5 Å². The van der Waals surface area contributed by atoms with Crippen molar-refractivity contribution in [3.63, 3.8) is 0 Å². The first-order chi connectivity index (χ1) is 5.84. The quantitative estimate of drug-likeness (QED) is 0.585. The van der Waals surface area contributed by atoms with Gasteiger partial charge in [-0.1, -0.05) is 15.9 Å². The molecule has 0 aliphatic heterocycles. The third-order valence-corrected chi connectivity index (χ3v) is 1.53. The molecule has 1 aromatic rings. The number of hydrogen-bond acceptors (Lipinski definition) is 3. The number of carbonyl (C=O) groups excluding carboxylic acids is 1. The maximum absolute atomic E-state index is 11.1. The zero-order chi connectivity index (χ0) is 8.81. The number of alkyl halides is 1. The zero-order valence-corrected chi connectivity index (χ0v) is 7.95. The van der Waals surface area contributed by atoms with E-state index in [4.69, 9.17) is 4.74 Å². The molecule has 0 aliphatic carbocycles. The molecule has 64 valence electrons. The smallest absolute Gasteiger partial charge is 0.339 e. The third-order valence-electron chi connectivity index (χ3n) is 1.21. The maximum atomic E-state index is 11.1. The van der Waals surface area contributed by atoms with Crippen LogP contribution in [0.25, 0.3) is 0 Å². The Morgan fingerprint density at radius 2 is 2.50 bits per heavy atom. The molecular weight excluding hydrogens is 222 g/mol. The molecule has 1 rings (SSSR count). The first kappa shape index (κ1) is 9.19. The molecule has 0 atom stereocenters. The largest absolute Gasteiger partial charge is 0.461 e. The molecule has 0 fully saturated rings. The topological polar surface area (TPSA) is 39.2 Å². The molecule has 0 spiro atoms. The lowest BCUT2D eigenvalue weighted by atomic mass is 10.3. The second-order valence-corrected chi connectivity index (χ2v) is 2.86. The van der Waals surface area contributed by atoms with Gasteiger partial charge in [-0.05, 0) is 12.1 Å². The highest BCUT2D eigenvalue weighted by atomic mass is 79.9. The van der Waals surface area contributed by atoms with Crippen molar-refractivity contribution in [3.05, 3.63) is 30.1 Å². The summed E-state index contributed by atoms with van der Waals surface area (Å²) in [6.07, 6.45) is 3.10. The monoisotopic (exact) mass is 229 g/mol. The first-order valence-corrected chi connectivity index (χ1v) is 4.60. The van der Waals surface area contributed by atoms with Gasteiger partial charge in [-0.15, -0.1) is 0 Å². The predicted octanol–water partition coefficient (Wildman–Crippen LogP) is 1.63. The summed E-state index contributed by atoms with van der Waals surface area (Å²) in [5, 5.41) is 0.652. The zero-order valence-electron chi connectivity index (χ0n) is 6.37. The molecule has 0 saturated carbocycles. The first-order valence-electron chi connectivity index (χ1n) is 3.47. The Balaban J connectivity index is 2.54. The number of esters is 1. The SMILES string of the molecule is O=C(OCCBr)c1cccnc1. The summed E-state index contributed by atoms with van der Waals surface area (Å²) in [7, 11) is 0. The highest BCUT2D eigenvalue weighted by Gasteiger charge is 2.04.